The Morgan fingerprint density at radius 1 is 1.15 bits per heavy atom. The highest BCUT2D eigenvalue weighted by Crippen LogP contribution is 2.28. The van der Waals surface area contributed by atoms with Crippen LogP contribution in [-0.2, 0) is 6.42 Å². The molecule has 1 aromatic rings. The molecule has 0 aliphatic heterocycles. The topological polar surface area (TPSA) is 9.23 Å². The normalized spacial score (nSPS) is 13.1. The van der Waals surface area contributed by atoms with Gasteiger partial charge in [-0.2, -0.15) is 0 Å². The zero-order valence-corrected chi connectivity index (χ0v) is 13.8. The average molecular weight is 274 g/mol. The highest BCUT2D eigenvalue weighted by molar-refractivity contribution is 5.39. The van der Waals surface area contributed by atoms with E-state index in [1.165, 1.54) is 11.1 Å². The number of rotatable bonds is 8. The van der Waals surface area contributed by atoms with E-state index in [0.717, 1.165) is 31.6 Å². The van der Waals surface area contributed by atoms with Gasteiger partial charge in [-0.15, -0.1) is 0 Å². The van der Waals surface area contributed by atoms with Gasteiger partial charge in [-0.25, -0.2) is 0 Å². The van der Waals surface area contributed by atoms with Crippen LogP contribution in [0.4, 0.5) is 0 Å². The fourth-order valence-corrected chi connectivity index (χ4v) is 2.33. The number of allylic oxidation sites excluding steroid dienone is 2. The van der Waals surface area contributed by atoms with Crippen molar-refractivity contribution in [2.75, 3.05) is 6.61 Å². The molecule has 1 atom stereocenters. The van der Waals surface area contributed by atoms with Gasteiger partial charge in [0.05, 0.1) is 6.61 Å². The molecule has 20 heavy (non-hydrogen) atoms. The molecule has 0 N–H and O–H groups in total. The molecule has 0 bridgehead atoms. The minimum Gasteiger partial charge on any atom is -0.493 e. The predicted molar refractivity (Wildman–Crippen MR) is 88.6 cm³/mol. The van der Waals surface area contributed by atoms with Crippen LogP contribution in [0.5, 0.6) is 5.75 Å². The number of ether oxygens (including phenoxy) is 1. The van der Waals surface area contributed by atoms with Gasteiger partial charge in [0.25, 0.3) is 0 Å². The largest absolute Gasteiger partial charge is 0.493 e. The highest BCUT2D eigenvalue weighted by atomic mass is 16.5. The smallest absolute Gasteiger partial charge is 0.122 e. The molecule has 0 aromatic heterocycles. The molecular formula is C19H30O. The van der Waals surface area contributed by atoms with Crippen molar-refractivity contribution in [2.45, 2.75) is 59.8 Å². The third-order valence-corrected chi connectivity index (χ3v) is 3.42. The lowest BCUT2D eigenvalue weighted by Crippen LogP contribution is -2.03. The Bertz CT molecular complexity index is 418. The van der Waals surface area contributed by atoms with E-state index in [1.807, 2.05) is 0 Å². The molecule has 0 saturated carbocycles. The zero-order valence-electron chi connectivity index (χ0n) is 13.8. The summed E-state index contributed by atoms with van der Waals surface area (Å²) in [6.45, 7) is 11.9. The van der Waals surface area contributed by atoms with Gasteiger partial charge in [0.2, 0.25) is 0 Å². The Hall–Kier alpha value is -1.24. The molecule has 1 heteroatoms. The van der Waals surface area contributed by atoms with Crippen molar-refractivity contribution in [3.05, 3.63) is 41.5 Å². The van der Waals surface area contributed by atoms with Crippen LogP contribution in [0.25, 0.3) is 0 Å². The second-order valence-corrected chi connectivity index (χ2v) is 5.89. The summed E-state index contributed by atoms with van der Waals surface area (Å²) in [5.74, 6) is 2.16. The summed E-state index contributed by atoms with van der Waals surface area (Å²) in [7, 11) is 0. The van der Waals surface area contributed by atoms with Crippen LogP contribution in [0, 0.1) is 5.92 Å². The molecule has 112 valence electrons. The molecule has 0 fully saturated rings. The highest BCUT2D eigenvalue weighted by Gasteiger charge is 2.10. The maximum atomic E-state index is 5.86. The first-order chi connectivity index (χ1) is 9.58. The number of benzene rings is 1. The SMILES string of the molecule is CC/C=C\C(C)Cc1ccc(OCCC)c(C(C)C)c1. The van der Waals surface area contributed by atoms with Crippen molar-refractivity contribution in [1.82, 2.24) is 0 Å². The van der Waals surface area contributed by atoms with Gasteiger partial charge < -0.3 is 4.74 Å². The molecule has 1 nitrogen and oxygen atoms in total. The van der Waals surface area contributed by atoms with Crippen LogP contribution >= 0.6 is 0 Å². The first-order valence-corrected chi connectivity index (χ1v) is 8.00. The van der Waals surface area contributed by atoms with E-state index >= 15 is 0 Å². The Morgan fingerprint density at radius 3 is 2.50 bits per heavy atom. The lowest BCUT2D eigenvalue weighted by molar-refractivity contribution is 0.313. The fourth-order valence-electron chi connectivity index (χ4n) is 2.33. The van der Waals surface area contributed by atoms with E-state index in [2.05, 4.69) is 65.0 Å². The lowest BCUT2D eigenvalue weighted by atomic mass is 9.94. The minimum absolute atomic E-state index is 0.503. The molecule has 1 unspecified atom stereocenters. The van der Waals surface area contributed by atoms with Crippen molar-refractivity contribution in [3.63, 3.8) is 0 Å². The van der Waals surface area contributed by atoms with Crippen molar-refractivity contribution >= 4 is 0 Å². The first-order valence-electron chi connectivity index (χ1n) is 8.00. The van der Waals surface area contributed by atoms with Crippen LogP contribution in [0.3, 0.4) is 0 Å². The Kier molecular flexibility index (Phi) is 7.43. The van der Waals surface area contributed by atoms with Gasteiger partial charge in [0.15, 0.2) is 0 Å². The standard InChI is InChI=1S/C19H30O/c1-6-8-9-16(5)13-17-10-11-19(20-12-7-2)18(14-17)15(3)4/h8-11,14-16H,6-7,12-13H2,1-5H3/b9-8-. The quantitative estimate of drug-likeness (QED) is 0.549. The summed E-state index contributed by atoms with van der Waals surface area (Å²) in [5, 5.41) is 0. The van der Waals surface area contributed by atoms with Crippen LogP contribution in [0.1, 0.15) is 64.5 Å². The fraction of sp³-hybridized carbons (Fsp3) is 0.579. The Morgan fingerprint density at radius 2 is 1.90 bits per heavy atom. The third-order valence-electron chi connectivity index (χ3n) is 3.42. The summed E-state index contributed by atoms with van der Waals surface area (Å²) >= 11 is 0. The Balaban J connectivity index is 2.84. The van der Waals surface area contributed by atoms with E-state index in [1.54, 1.807) is 0 Å². The molecule has 1 rings (SSSR count). The summed E-state index contributed by atoms with van der Waals surface area (Å²) in [6, 6.07) is 6.69. The van der Waals surface area contributed by atoms with E-state index in [4.69, 9.17) is 4.74 Å². The second kappa shape index (κ2) is 8.84. The maximum absolute atomic E-state index is 5.86. The lowest BCUT2D eigenvalue weighted by Gasteiger charge is -2.16. The van der Waals surface area contributed by atoms with Gasteiger partial charge in [-0.1, -0.05) is 58.9 Å². The van der Waals surface area contributed by atoms with Crippen molar-refractivity contribution in [3.8, 4) is 5.75 Å². The van der Waals surface area contributed by atoms with Gasteiger partial charge >= 0.3 is 0 Å². The molecule has 1 aromatic carbocycles. The molecule has 0 aliphatic carbocycles. The number of hydrogen-bond donors (Lipinski definition) is 0. The van der Waals surface area contributed by atoms with Gasteiger partial charge in [0, 0.05) is 0 Å². The molecule has 0 heterocycles. The molecule has 0 saturated heterocycles. The van der Waals surface area contributed by atoms with Crippen LogP contribution in [0.2, 0.25) is 0 Å². The van der Waals surface area contributed by atoms with E-state index < -0.39 is 0 Å². The van der Waals surface area contributed by atoms with E-state index in [0.29, 0.717) is 11.8 Å². The van der Waals surface area contributed by atoms with Crippen LogP contribution < -0.4 is 4.74 Å². The maximum Gasteiger partial charge on any atom is 0.122 e. The molecule has 0 spiro atoms. The number of hydrogen-bond acceptors (Lipinski definition) is 1. The molecular weight excluding hydrogens is 244 g/mol. The van der Waals surface area contributed by atoms with E-state index in [9.17, 15) is 0 Å². The minimum atomic E-state index is 0.503. The van der Waals surface area contributed by atoms with Gasteiger partial charge in [-0.3, -0.25) is 0 Å². The van der Waals surface area contributed by atoms with Crippen molar-refractivity contribution in [2.24, 2.45) is 5.92 Å². The molecule has 0 aliphatic rings. The Labute approximate surface area is 125 Å². The van der Waals surface area contributed by atoms with Crippen molar-refractivity contribution < 1.29 is 4.74 Å². The molecule has 0 amide bonds. The summed E-state index contributed by atoms with van der Waals surface area (Å²) in [6.07, 6.45) is 7.84. The van der Waals surface area contributed by atoms with Crippen molar-refractivity contribution in [1.29, 1.82) is 0 Å². The van der Waals surface area contributed by atoms with Crippen LogP contribution in [0.15, 0.2) is 30.4 Å². The average Bonchev–Trinajstić information content (AvgIpc) is 2.43. The van der Waals surface area contributed by atoms with Gasteiger partial charge in [0.1, 0.15) is 5.75 Å². The third kappa shape index (κ3) is 5.40. The monoisotopic (exact) mass is 274 g/mol. The van der Waals surface area contributed by atoms with E-state index in [-0.39, 0.29) is 0 Å². The summed E-state index contributed by atoms with van der Waals surface area (Å²) < 4.78 is 5.86. The summed E-state index contributed by atoms with van der Waals surface area (Å²) in [5.41, 5.74) is 2.74. The zero-order chi connectivity index (χ0) is 15.0. The predicted octanol–water partition coefficient (Wildman–Crippen LogP) is 5.74. The van der Waals surface area contributed by atoms with Crippen LogP contribution in [-0.4, -0.2) is 6.61 Å². The summed E-state index contributed by atoms with van der Waals surface area (Å²) in [4.78, 5) is 0. The van der Waals surface area contributed by atoms with Gasteiger partial charge in [-0.05, 0) is 48.3 Å². The molecule has 0 radical (unpaired) electrons. The second-order valence-electron chi connectivity index (χ2n) is 5.89. The first kappa shape index (κ1) is 16.8.